The Kier molecular flexibility index (Phi) is 7.14. The molecule has 0 heterocycles. The second-order valence-electron chi connectivity index (χ2n) is 5.06. The molecule has 0 aliphatic rings. The number of amides is 1. The smallest absolute Gasteiger partial charge is 0.224 e. The second kappa shape index (κ2) is 8.36. The minimum absolute atomic E-state index is 0.0965. The molecule has 106 valence electrons. The molecule has 0 spiro atoms. The van der Waals surface area contributed by atoms with Crippen molar-refractivity contribution in [1.29, 1.82) is 0 Å². The number of benzene rings is 1. The van der Waals surface area contributed by atoms with Crippen LogP contribution in [0.4, 0.5) is 0 Å². The molecule has 0 fully saturated rings. The van der Waals surface area contributed by atoms with Gasteiger partial charge in [0.15, 0.2) is 0 Å². The lowest BCUT2D eigenvalue weighted by Gasteiger charge is -2.19. The number of hydrogen-bond acceptors (Lipinski definition) is 1. The van der Waals surface area contributed by atoms with Crippen molar-refractivity contribution in [3.8, 4) is 0 Å². The highest BCUT2D eigenvalue weighted by Crippen LogP contribution is 2.19. The molecule has 2 nitrogen and oxygen atoms in total. The molecule has 0 bridgehead atoms. The van der Waals surface area contributed by atoms with Crippen molar-refractivity contribution < 1.29 is 4.79 Å². The van der Waals surface area contributed by atoms with E-state index in [9.17, 15) is 4.79 Å². The van der Waals surface area contributed by atoms with Crippen LogP contribution in [-0.4, -0.2) is 17.3 Å². The van der Waals surface area contributed by atoms with Gasteiger partial charge in [0.2, 0.25) is 5.91 Å². The van der Waals surface area contributed by atoms with E-state index in [1.54, 1.807) is 0 Å². The normalized spacial score (nSPS) is 12.5. The third-order valence-corrected chi connectivity index (χ3v) is 4.61. The van der Waals surface area contributed by atoms with Crippen LogP contribution in [0.25, 0.3) is 0 Å². The van der Waals surface area contributed by atoms with E-state index >= 15 is 0 Å². The Balaban J connectivity index is 2.37. The van der Waals surface area contributed by atoms with Crippen LogP contribution in [-0.2, 0) is 11.2 Å². The van der Waals surface area contributed by atoms with E-state index < -0.39 is 0 Å². The van der Waals surface area contributed by atoms with Crippen molar-refractivity contribution >= 4 is 21.8 Å². The number of hydrogen-bond donors (Lipinski definition) is 1. The van der Waals surface area contributed by atoms with Crippen LogP contribution in [0.15, 0.2) is 24.3 Å². The first-order valence-electron chi connectivity index (χ1n) is 7.03. The Bertz CT molecular complexity index is 384. The van der Waals surface area contributed by atoms with Gasteiger partial charge < -0.3 is 5.32 Å². The van der Waals surface area contributed by atoms with Crippen molar-refractivity contribution in [1.82, 2.24) is 5.32 Å². The fourth-order valence-electron chi connectivity index (χ4n) is 2.13. The molecule has 0 saturated heterocycles. The molecule has 0 aromatic heterocycles. The number of nitrogens with one attached hydrogen (secondary N) is 1. The number of halogens is 1. The molecule has 1 aromatic rings. The monoisotopic (exact) mass is 325 g/mol. The molecule has 0 aliphatic heterocycles. The summed E-state index contributed by atoms with van der Waals surface area (Å²) in [5.41, 5.74) is 2.29. The van der Waals surface area contributed by atoms with E-state index in [0.29, 0.717) is 23.7 Å². The first kappa shape index (κ1) is 16.2. The van der Waals surface area contributed by atoms with E-state index in [4.69, 9.17) is 0 Å². The van der Waals surface area contributed by atoms with Crippen LogP contribution in [0.3, 0.4) is 0 Å². The molecule has 1 N–H and O–H groups in total. The van der Waals surface area contributed by atoms with Gasteiger partial charge in [-0.05, 0) is 18.4 Å². The molecule has 0 saturated carbocycles. The number of aryl methyl sites for hydroxylation is 1. The average Bonchev–Trinajstić information content (AvgIpc) is 2.40. The largest absolute Gasteiger partial charge is 0.355 e. The Morgan fingerprint density at radius 2 is 1.79 bits per heavy atom. The van der Waals surface area contributed by atoms with E-state index in [0.717, 1.165) is 18.4 Å². The topological polar surface area (TPSA) is 29.1 Å². The number of carbonyl (C=O) groups excluding carboxylic acids is 1. The van der Waals surface area contributed by atoms with Gasteiger partial charge in [-0.1, -0.05) is 72.4 Å². The van der Waals surface area contributed by atoms with Gasteiger partial charge in [0, 0.05) is 11.4 Å². The number of carbonyl (C=O) groups is 1. The zero-order valence-corrected chi connectivity index (χ0v) is 13.7. The number of alkyl halides is 1. The molecule has 3 heteroatoms. The average molecular weight is 326 g/mol. The third kappa shape index (κ3) is 5.77. The standard InChI is InChI=1S/C16H24BrNO/c1-4-14(5-2)15(17)11-18-16(19)10-13-8-6-12(3)7-9-13/h6-9,14-15H,4-5,10-11H2,1-3H3,(H,18,19). The second-order valence-corrected chi connectivity index (χ2v) is 6.24. The van der Waals surface area contributed by atoms with Crippen molar-refractivity contribution in [2.24, 2.45) is 5.92 Å². The van der Waals surface area contributed by atoms with Gasteiger partial charge in [0.25, 0.3) is 0 Å². The van der Waals surface area contributed by atoms with Gasteiger partial charge in [-0.25, -0.2) is 0 Å². The molecular weight excluding hydrogens is 302 g/mol. The highest BCUT2D eigenvalue weighted by atomic mass is 79.9. The summed E-state index contributed by atoms with van der Waals surface area (Å²) in [4.78, 5) is 12.2. The van der Waals surface area contributed by atoms with Crippen LogP contribution in [0.2, 0.25) is 0 Å². The fourth-order valence-corrected chi connectivity index (χ4v) is 3.04. The van der Waals surface area contributed by atoms with Crippen molar-refractivity contribution in [3.63, 3.8) is 0 Å². The maximum absolute atomic E-state index is 11.9. The SMILES string of the molecule is CCC(CC)C(Br)CNC(=O)Cc1ccc(C)cc1. The van der Waals surface area contributed by atoms with Gasteiger partial charge >= 0.3 is 0 Å². The summed E-state index contributed by atoms with van der Waals surface area (Å²) >= 11 is 3.67. The Morgan fingerprint density at radius 3 is 2.32 bits per heavy atom. The summed E-state index contributed by atoms with van der Waals surface area (Å²) in [7, 11) is 0. The molecule has 0 aliphatic carbocycles. The maximum atomic E-state index is 11.9. The number of rotatable bonds is 7. The highest BCUT2D eigenvalue weighted by Gasteiger charge is 2.15. The van der Waals surface area contributed by atoms with Gasteiger partial charge in [-0.2, -0.15) is 0 Å². The van der Waals surface area contributed by atoms with E-state index in [1.165, 1.54) is 5.56 Å². The Labute approximate surface area is 125 Å². The van der Waals surface area contributed by atoms with Gasteiger partial charge in [-0.3, -0.25) is 4.79 Å². The van der Waals surface area contributed by atoms with Gasteiger partial charge in [0.1, 0.15) is 0 Å². The Morgan fingerprint density at radius 1 is 1.21 bits per heavy atom. The van der Waals surface area contributed by atoms with Crippen molar-refractivity contribution in [2.45, 2.75) is 44.9 Å². The molecule has 1 unspecified atom stereocenters. The van der Waals surface area contributed by atoms with Crippen molar-refractivity contribution in [3.05, 3.63) is 35.4 Å². The lowest BCUT2D eigenvalue weighted by molar-refractivity contribution is -0.120. The summed E-state index contributed by atoms with van der Waals surface area (Å²) in [6, 6.07) is 8.11. The minimum Gasteiger partial charge on any atom is -0.355 e. The van der Waals surface area contributed by atoms with E-state index in [-0.39, 0.29) is 5.91 Å². The van der Waals surface area contributed by atoms with E-state index in [1.807, 2.05) is 24.3 Å². The summed E-state index contributed by atoms with van der Waals surface area (Å²) in [5, 5.41) is 3.01. The van der Waals surface area contributed by atoms with Crippen LogP contribution in [0, 0.1) is 12.8 Å². The van der Waals surface area contributed by atoms with Crippen LogP contribution in [0.1, 0.15) is 37.8 Å². The molecular formula is C16H24BrNO. The third-order valence-electron chi connectivity index (χ3n) is 3.54. The summed E-state index contributed by atoms with van der Waals surface area (Å²) < 4.78 is 0. The molecule has 1 rings (SSSR count). The predicted molar refractivity (Wildman–Crippen MR) is 84.7 cm³/mol. The first-order chi connectivity index (χ1) is 9.06. The maximum Gasteiger partial charge on any atom is 0.224 e. The zero-order valence-electron chi connectivity index (χ0n) is 12.1. The quantitative estimate of drug-likeness (QED) is 0.758. The lowest BCUT2D eigenvalue weighted by atomic mass is 9.99. The molecule has 0 radical (unpaired) electrons. The molecule has 19 heavy (non-hydrogen) atoms. The Hall–Kier alpha value is -0.830. The zero-order chi connectivity index (χ0) is 14.3. The molecule has 1 atom stereocenters. The summed E-state index contributed by atoms with van der Waals surface area (Å²) in [6.07, 6.45) is 2.74. The van der Waals surface area contributed by atoms with Gasteiger partial charge in [-0.15, -0.1) is 0 Å². The van der Waals surface area contributed by atoms with E-state index in [2.05, 4.69) is 42.0 Å². The van der Waals surface area contributed by atoms with Crippen LogP contribution in [0.5, 0.6) is 0 Å². The van der Waals surface area contributed by atoms with Crippen molar-refractivity contribution in [2.75, 3.05) is 6.54 Å². The fraction of sp³-hybridized carbons (Fsp3) is 0.562. The molecule has 1 amide bonds. The van der Waals surface area contributed by atoms with Crippen LogP contribution >= 0.6 is 15.9 Å². The summed E-state index contributed by atoms with van der Waals surface area (Å²) in [6.45, 7) is 7.14. The minimum atomic E-state index is 0.0965. The molecule has 1 aromatic carbocycles. The van der Waals surface area contributed by atoms with Gasteiger partial charge in [0.05, 0.1) is 6.42 Å². The summed E-state index contributed by atoms with van der Waals surface area (Å²) in [5.74, 6) is 0.721. The van der Waals surface area contributed by atoms with Crippen LogP contribution < -0.4 is 5.32 Å². The predicted octanol–water partition coefficient (Wildman–Crippen LogP) is 3.85. The highest BCUT2D eigenvalue weighted by molar-refractivity contribution is 9.09. The lowest BCUT2D eigenvalue weighted by Crippen LogP contribution is -2.33. The first-order valence-corrected chi connectivity index (χ1v) is 7.94.